The number of carbonyl (C=O) groups is 1. The van der Waals surface area contributed by atoms with Crippen LogP contribution in [0.1, 0.15) is 6.92 Å². The lowest BCUT2D eigenvalue weighted by molar-refractivity contribution is -0.116. The van der Waals surface area contributed by atoms with Crippen molar-refractivity contribution in [2.75, 3.05) is 6.61 Å². The molecule has 6 heteroatoms. The topological polar surface area (TPSA) is 75.6 Å². The van der Waals surface area contributed by atoms with Crippen LogP contribution in [0, 0.1) is 0 Å². The number of rotatable bonds is 5. The van der Waals surface area contributed by atoms with Gasteiger partial charge < -0.3 is 5.32 Å². The van der Waals surface area contributed by atoms with Gasteiger partial charge in [0.1, 0.15) is 6.61 Å². The van der Waals surface area contributed by atoms with Crippen molar-refractivity contribution in [3.63, 3.8) is 0 Å². The zero-order valence-electron chi connectivity index (χ0n) is 7.20. The first-order valence-corrected chi connectivity index (χ1v) is 4.35. The highest BCUT2D eigenvalue weighted by Crippen LogP contribution is 1.92. The van der Waals surface area contributed by atoms with Crippen molar-refractivity contribution in [1.82, 2.24) is 5.32 Å². The second-order valence-corrected chi connectivity index (χ2v) is 2.99. The van der Waals surface area contributed by atoms with E-state index in [0.29, 0.717) is 5.57 Å². The molecule has 0 aromatic rings. The molecule has 2 N–H and O–H groups in total. The monoisotopic (exact) mass is 205 g/mol. The van der Waals surface area contributed by atoms with Crippen LogP contribution >= 0.6 is 0 Å². The third kappa shape index (κ3) is 6.21. The number of nitrogens with one attached hydrogen (secondary N) is 1. The van der Waals surface area contributed by atoms with Gasteiger partial charge in [-0.25, -0.2) is 0 Å². The molecule has 1 unspecified atom stereocenters. The van der Waals surface area contributed by atoms with Crippen LogP contribution in [0.15, 0.2) is 24.4 Å². The van der Waals surface area contributed by atoms with E-state index in [1.807, 2.05) is 0 Å². The summed E-state index contributed by atoms with van der Waals surface area (Å²) in [6.45, 7) is 8.13. The third-order valence-electron chi connectivity index (χ3n) is 1.01. The standard InChI is InChI=1S/C7H11NO4S/c1-5(2)7(9)8-6(3)4-12-13(10)11/h1,3-4H2,2H3,(H,8,9)(H,10,11). The van der Waals surface area contributed by atoms with Gasteiger partial charge in [0, 0.05) is 11.3 Å². The van der Waals surface area contributed by atoms with Gasteiger partial charge in [-0.3, -0.25) is 13.5 Å². The van der Waals surface area contributed by atoms with Crippen molar-refractivity contribution in [2.24, 2.45) is 0 Å². The molecule has 0 aromatic heterocycles. The summed E-state index contributed by atoms with van der Waals surface area (Å²) < 4.78 is 22.5. The molecule has 0 rings (SSSR count). The van der Waals surface area contributed by atoms with Crippen LogP contribution in [0.4, 0.5) is 0 Å². The highest BCUT2D eigenvalue weighted by Gasteiger charge is 2.04. The number of hydrogen-bond acceptors (Lipinski definition) is 3. The molecular formula is C7H11NO4S. The summed E-state index contributed by atoms with van der Waals surface area (Å²) in [5.74, 6) is -0.391. The van der Waals surface area contributed by atoms with E-state index < -0.39 is 17.3 Å². The smallest absolute Gasteiger partial charge is 0.302 e. The van der Waals surface area contributed by atoms with E-state index in [9.17, 15) is 9.00 Å². The van der Waals surface area contributed by atoms with Gasteiger partial charge in [-0.2, -0.15) is 4.21 Å². The fourth-order valence-electron chi connectivity index (χ4n) is 0.425. The highest BCUT2D eigenvalue weighted by molar-refractivity contribution is 7.74. The molecule has 0 aromatic carbocycles. The van der Waals surface area contributed by atoms with Crippen LogP contribution < -0.4 is 5.32 Å². The Morgan fingerprint density at radius 2 is 2.15 bits per heavy atom. The maximum Gasteiger partial charge on any atom is 0.302 e. The van der Waals surface area contributed by atoms with Gasteiger partial charge in [-0.05, 0) is 6.92 Å². The van der Waals surface area contributed by atoms with Gasteiger partial charge in [0.2, 0.25) is 0 Å². The Morgan fingerprint density at radius 3 is 2.54 bits per heavy atom. The van der Waals surface area contributed by atoms with Crippen LogP contribution in [-0.2, 0) is 20.3 Å². The van der Waals surface area contributed by atoms with Gasteiger partial charge in [-0.15, -0.1) is 0 Å². The average molecular weight is 205 g/mol. The fourth-order valence-corrected chi connectivity index (χ4v) is 0.668. The SMILES string of the molecule is C=C(COS(=O)O)NC(=O)C(=C)C. The molecule has 0 aliphatic heterocycles. The third-order valence-corrected chi connectivity index (χ3v) is 1.33. The van der Waals surface area contributed by atoms with Crippen LogP contribution in [0.2, 0.25) is 0 Å². The van der Waals surface area contributed by atoms with Crippen molar-refractivity contribution in [3.05, 3.63) is 24.4 Å². The summed E-state index contributed by atoms with van der Waals surface area (Å²) in [5.41, 5.74) is 0.529. The number of carbonyl (C=O) groups excluding carboxylic acids is 1. The fraction of sp³-hybridized carbons (Fsp3) is 0.286. The van der Waals surface area contributed by atoms with Crippen molar-refractivity contribution >= 4 is 17.3 Å². The van der Waals surface area contributed by atoms with Gasteiger partial charge in [0.15, 0.2) is 0 Å². The lowest BCUT2D eigenvalue weighted by Gasteiger charge is -2.05. The Bertz CT molecular complexity index is 261. The summed E-state index contributed by atoms with van der Waals surface area (Å²) >= 11 is -2.35. The lowest BCUT2D eigenvalue weighted by atomic mass is 10.3. The van der Waals surface area contributed by atoms with E-state index in [1.54, 1.807) is 0 Å². The van der Waals surface area contributed by atoms with Crippen LogP contribution in [-0.4, -0.2) is 21.3 Å². The minimum absolute atomic E-state index is 0.204. The second kappa shape index (κ2) is 5.63. The van der Waals surface area contributed by atoms with E-state index >= 15 is 0 Å². The quantitative estimate of drug-likeness (QED) is 0.501. The summed E-state index contributed by atoms with van der Waals surface area (Å²) in [7, 11) is 0. The molecule has 13 heavy (non-hydrogen) atoms. The molecule has 1 atom stereocenters. The first-order chi connectivity index (χ1) is 5.93. The molecule has 0 fully saturated rings. The number of hydrogen-bond donors (Lipinski definition) is 2. The average Bonchev–Trinajstić information content (AvgIpc) is 2.00. The predicted molar refractivity (Wildman–Crippen MR) is 48.8 cm³/mol. The summed E-state index contributed by atoms with van der Waals surface area (Å²) in [6, 6.07) is 0. The Hall–Kier alpha value is -0.980. The Balaban J connectivity index is 3.82. The van der Waals surface area contributed by atoms with Crippen LogP contribution in [0.3, 0.4) is 0 Å². The van der Waals surface area contributed by atoms with Gasteiger partial charge >= 0.3 is 11.4 Å². The minimum atomic E-state index is -2.35. The molecule has 1 amide bonds. The Labute approximate surface area is 79.0 Å². The lowest BCUT2D eigenvalue weighted by Crippen LogP contribution is -2.25. The Kier molecular flexibility index (Phi) is 5.20. The highest BCUT2D eigenvalue weighted by atomic mass is 32.2. The van der Waals surface area contributed by atoms with Crippen molar-refractivity contribution in [1.29, 1.82) is 0 Å². The van der Waals surface area contributed by atoms with E-state index in [2.05, 4.69) is 22.7 Å². The maximum atomic E-state index is 10.9. The first kappa shape index (κ1) is 12.0. The van der Waals surface area contributed by atoms with Crippen molar-refractivity contribution in [3.8, 4) is 0 Å². The Morgan fingerprint density at radius 1 is 1.62 bits per heavy atom. The first-order valence-electron chi connectivity index (χ1n) is 3.32. The summed E-state index contributed by atoms with van der Waals surface area (Å²) in [4.78, 5) is 10.9. The van der Waals surface area contributed by atoms with Gasteiger partial charge in [0.25, 0.3) is 5.91 Å². The van der Waals surface area contributed by atoms with Gasteiger partial charge in [0.05, 0.1) is 0 Å². The second-order valence-electron chi connectivity index (χ2n) is 2.32. The van der Waals surface area contributed by atoms with Crippen LogP contribution in [0.5, 0.6) is 0 Å². The largest absolute Gasteiger partial charge is 0.324 e. The number of amides is 1. The summed E-state index contributed by atoms with van der Waals surface area (Å²) in [5, 5.41) is 2.33. The molecule has 0 spiro atoms. The van der Waals surface area contributed by atoms with E-state index in [1.165, 1.54) is 6.92 Å². The molecule has 0 heterocycles. The predicted octanol–water partition coefficient (Wildman–Crippen LogP) is 0.346. The zero-order valence-corrected chi connectivity index (χ0v) is 8.02. The van der Waals surface area contributed by atoms with E-state index in [0.717, 1.165) is 0 Å². The van der Waals surface area contributed by atoms with E-state index in [-0.39, 0.29) is 12.3 Å². The van der Waals surface area contributed by atoms with Crippen molar-refractivity contribution < 1.29 is 17.7 Å². The van der Waals surface area contributed by atoms with Gasteiger partial charge in [-0.1, -0.05) is 13.2 Å². The molecule has 0 saturated carbocycles. The molecular weight excluding hydrogens is 194 g/mol. The van der Waals surface area contributed by atoms with E-state index in [4.69, 9.17) is 4.55 Å². The molecule has 5 nitrogen and oxygen atoms in total. The summed E-state index contributed by atoms with van der Waals surface area (Å²) in [6.07, 6.45) is 0. The molecule has 0 aliphatic carbocycles. The van der Waals surface area contributed by atoms with Crippen LogP contribution in [0.25, 0.3) is 0 Å². The maximum absolute atomic E-state index is 10.9. The molecule has 0 saturated heterocycles. The molecule has 0 bridgehead atoms. The van der Waals surface area contributed by atoms with Crippen molar-refractivity contribution in [2.45, 2.75) is 6.92 Å². The minimum Gasteiger partial charge on any atom is -0.324 e. The molecule has 74 valence electrons. The zero-order chi connectivity index (χ0) is 10.4. The molecule has 0 aliphatic rings. The normalized spacial score (nSPS) is 11.8. The molecule has 0 radical (unpaired) electrons.